The quantitative estimate of drug-likeness (QED) is 0.314. The van der Waals surface area contributed by atoms with Crippen LogP contribution in [0.1, 0.15) is 16.0 Å². The molecule has 140 valence electrons. The van der Waals surface area contributed by atoms with Crippen LogP contribution in [0, 0.1) is 6.92 Å². The van der Waals surface area contributed by atoms with Crippen molar-refractivity contribution in [2.24, 2.45) is 0 Å². The molecule has 2 N–H and O–H groups in total. The van der Waals surface area contributed by atoms with E-state index < -0.39 is 0 Å². The fourth-order valence-corrected chi connectivity index (χ4v) is 2.98. The number of hydroxylamine groups is 1. The Morgan fingerprint density at radius 2 is 2.04 bits per heavy atom. The summed E-state index contributed by atoms with van der Waals surface area (Å²) in [5.74, 6) is 0.833. The second kappa shape index (κ2) is 10.5. The van der Waals surface area contributed by atoms with Crippen LogP contribution in [-0.2, 0) is 11.4 Å². The summed E-state index contributed by atoms with van der Waals surface area (Å²) in [7, 11) is 0. The maximum Gasteiger partial charge on any atom is 0.158 e. The Balaban J connectivity index is 1.49. The van der Waals surface area contributed by atoms with Gasteiger partial charge < -0.3 is 10.1 Å². The molecule has 0 aliphatic rings. The average Bonchev–Trinajstić information content (AvgIpc) is 3.20. The second-order valence-corrected chi connectivity index (χ2v) is 6.91. The molecule has 0 aliphatic heterocycles. The number of nitrogens with one attached hydrogen (secondary N) is 2. The molecule has 2 heterocycles. The maximum absolute atomic E-state index is 5.75. The number of aryl methyl sites for hydroxylation is 1. The molecular formula is C21H23N3O2S. The predicted molar refractivity (Wildman–Crippen MR) is 109 cm³/mol. The van der Waals surface area contributed by atoms with Crippen LogP contribution in [0.25, 0.3) is 6.08 Å². The second-order valence-electron chi connectivity index (χ2n) is 5.93. The number of hydrogen-bond acceptors (Lipinski definition) is 6. The Labute approximate surface area is 163 Å². The molecule has 0 saturated heterocycles. The van der Waals surface area contributed by atoms with Gasteiger partial charge in [0, 0.05) is 29.5 Å². The maximum atomic E-state index is 5.75. The minimum absolute atomic E-state index is 0.367. The number of nitrogens with zero attached hydrogens (tertiary/aromatic N) is 1. The van der Waals surface area contributed by atoms with Gasteiger partial charge in [-0.1, -0.05) is 29.8 Å². The van der Waals surface area contributed by atoms with Crippen LogP contribution in [0.4, 0.5) is 0 Å². The van der Waals surface area contributed by atoms with Gasteiger partial charge in [0.2, 0.25) is 0 Å². The third-order valence-corrected chi connectivity index (χ3v) is 4.57. The van der Waals surface area contributed by atoms with E-state index >= 15 is 0 Å². The Hall–Kier alpha value is -2.67. The van der Waals surface area contributed by atoms with E-state index in [-0.39, 0.29) is 0 Å². The molecule has 0 saturated carbocycles. The summed E-state index contributed by atoms with van der Waals surface area (Å²) < 4.78 is 5.75. The van der Waals surface area contributed by atoms with E-state index in [4.69, 9.17) is 9.57 Å². The Kier molecular flexibility index (Phi) is 7.41. The fraction of sp³-hybridized carbons (Fsp3) is 0.190. The fourth-order valence-electron chi connectivity index (χ4n) is 2.30. The van der Waals surface area contributed by atoms with Crippen molar-refractivity contribution in [3.05, 3.63) is 88.0 Å². The van der Waals surface area contributed by atoms with Crippen LogP contribution < -0.4 is 15.5 Å². The first-order chi connectivity index (χ1) is 13.3. The van der Waals surface area contributed by atoms with Crippen molar-refractivity contribution < 1.29 is 9.57 Å². The molecule has 0 atom stereocenters. The van der Waals surface area contributed by atoms with Crippen LogP contribution in [-0.4, -0.2) is 18.3 Å². The highest BCUT2D eigenvalue weighted by atomic mass is 32.1. The number of ether oxygens (including phenoxy) is 1. The standard InChI is InChI=1S/C21H23N3O2S/c1-17-6-8-20(9-7-17)25-16-23-19(12-21-5-3-11-27-21)15-26-24-14-18-4-2-10-22-13-18/h2-13,23-24H,14-16H2,1H3. The number of rotatable bonds is 10. The smallest absolute Gasteiger partial charge is 0.158 e. The van der Waals surface area contributed by atoms with Crippen molar-refractivity contribution in [3.8, 4) is 5.75 Å². The lowest BCUT2D eigenvalue weighted by Gasteiger charge is -2.13. The van der Waals surface area contributed by atoms with E-state index in [1.54, 1.807) is 17.5 Å². The van der Waals surface area contributed by atoms with Crippen molar-refractivity contribution >= 4 is 17.4 Å². The van der Waals surface area contributed by atoms with Gasteiger partial charge in [-0.05, 0) is 48.2 Å². The molecule has 0 aliphatic carbocycles. The van der Waals surface area contributed by atoms with Gasteiger partial charge in [-0.25, -0.2) is 0 Å². The minimum Gasteiger partial charge on any atom is -0.473 e. The van der Waals surface area contributed by atoms with Crippen molar-refractivity contribution in [3.63, 3.8) is 0 Å². The topological polar surface area (TPSA) is 55.4 Å². The Morgan fingerprint density at radius 3 is 2.78 bits per heavy atom. The molecule has 0 bridgehead atoms. The van der Waals surface area contributed by atoms with Gasteiger partial charge in [-0.3, -0.25) is 9.82 Å². The van der Waals surface area contributed by atoms with Crippen LogP contribution in [0.15, 0.2) is 72.0 Å². The van der Waals surface area contributed by atoms with Gasteiger partial charge in [-0.2, -0.15) is 5.48 Å². The molecule has 0 fully saturated rings. The monoisotopic (exact) mass is 381 g/mol. The molecule has 0 unspecified atom stereocenters. The van der Waals surface area contributed by atoms with E-state index in [1.807, 2.05) is 54.0 Å². The highest BCUT2D eigenvalue weighted by Crippen LogP contribution is 2.13. The molecule has 27 heavy (non-hydrogen) atoms. The van der Waals surface area contributed by atoms with Crippen molar-refractivity contribution in [2.75, 3.05) is 13.3 Å². The summed E-state index contributed by atoms with van der Waals surface area (Å²) in [6, 6.07) is 16.0. The number of aromatic nitrogens is 1. The number of pyridine rings is 1. The third kappa shape index (κ3) is 6.86. The van der Waals surface area contributed by atoms with E-state index in [9.17, 15) is 0 Å². The summed E-state index contributed by atoms with van der Waals surface area (Å²) in [5.41, 5.74) is 6.18. The lowest BCUT2D eigenvalue weighted by molar-refractivity contribution is 0.0496. The minimum atomic E-state index is 0.367. The number of hydrogen-bond donors (Lipinski definition) is 2. The molecular weight excluding hydrogens is 358 g/mol. The molecule has 2 aromatic heterocycles. The first-order valence-corrected chi connectivity index (χ1v) is 9.58. The molecule has 0 spiro atoms. The zero-order chi connectivity index (χ0) is 18.7. The molecule has 5 nitrogen and oxygen atoms in total. The predicted octanol–water partition coefficient (Wildman–Crippen LogP) is 4.14. The summed E-state index contributed by atoms with van der Waals surface area (Å²) in [6.07, 6.45) is 5.63. The normalized spacial score (nSPS) is 11.4. The SMILES string of the molecule is Cc1ccc(OCNC(=Cc2cccs2)CONCc2cccnc2)cc1. The van der Waals surface area contributed by atoms with Crippen molar-refractivity contribution in [2.45, 2.75) is 13.5 Å². The lowest BCUT2D eigenvalue weighted by Crippen LogP contribution is -2.25. The largest absolute Gasteiger partial charge is 0.473 e. The number of benzene rings is 1. The molecule has 1 aromatic carbocycles. The highest BCUT2D eigenvalue weighted by Gasteiger charge is 2.01. The Morgan fingerprint density at radius 1 is 1.15 bits per heavy atom. The van der Waals surface area contributed by atoms with Crippen LogP contribution in [0.5, 0.6) is 5.75 Å². The highest BCUT2D eigenvalue weighted by molar-refractivity contribution is 7.10. The van der Waals surface area contributed by atoms with Crippen LogP contribution in [0.2, 0.25) is 0 Å². The zero-order valence-electron chi connectivity index (χ0n) is 15.2. The molecule has 3 aromatic rings. The van der Waals surface area contributed by atoms with Gasteiger partial charge >= 0.3 is 0 Å². The van der Waals surface area contributed by atoms with Crippen molar-refractivity contribution in [1.82, 2.24) is 15.8 Å². The molecule has 0 amide bonds. The summed E-state index contributed by atoms with van der Waals surface area (Å²) in [5, 5.41) is 5.34. The van der Waals surface area contributed by atoms with Crippen LogP contribution >= 0.6 is 11.3 Å². The first-order valence-electron chi connectivity index (χ1n) is 8.70. The van der Waals surface area contributed by atoms with E-state index in [2.05, 4.69) is 34.8 Å². The molecule has 3 rings (SSSR count). The van der Waals surface area contributed by atoms with Gasteiger partial charge in [0.05, 0.1) is 0 Å². The van der Waals surface area contributed by atoms with Gasteiger partial charge in [0.1, 0.15) is 12.4 Å². The number of thiophene rings is 1. The van der Waals surface area contributed by atoms with E-state index in [0.717, 1.165) is 21.9 Å². The van der Waals surface area contributed by atoms with E-state index in [1.165, 1.54) is 5.56 Å². The summed E-state index contributed by atoms with van der Waals surface area (Å²) in [4.78, 5) is 10.9. The summed E-state index contributed by atoms with van der Waals surface area (Å²) in [6.45, 7) is 3.42. The first kappa shape index (κ1) is 19.1. The Bertz CT molecular complexity index is 818. The van der Waals surface area contributed by atoms with E-state index in [0.29, 0.717) is 19.9 Å². The van der Waals surface area contributed by atoms with Gasteiger partial charge in [0.25, 0.3) is 0 Å². The van der Waals surface area contributed by atoms with Gasteiger partial charge in [-0.15, -0.1) is 11.3 Å². The third-order valence-electron chi connectivity index (χ3n) is 3.75. The van der Waals surface area contributed by atoms with Crippen LogP contribution in [0.3, 0.4) is 0 Å². The molecule has 0 radical (unpaired) electrons. The zero-order valence-corrected chi connectivity index (χ0v) is 16.0. The molecule has 6 heteroatoms. The van der Waals surface area contributed by atoms with Gasteiger partial charge in [0.15, 0.2) is 6.73 Å². The average molecular weight is 382 g/mol. The van der Waals surface area contributed by atoms with Crippen molar-refractivity contribution in [1.29, 1.82) is 0 Å². The lowest BCUT2D eigenvalue weighted by atomic mass is 10.2. The summed E-state index contributed by atoms with van der Waals surface area (Å²) >= 11 is 1.68.